The van der Waals surface area contributed by atoms with E-state index in [4.69, 9.17) is 4.74 Å². The van der Waals surface area contributed by atoms with Gasteiger partial charge in [0.25, 0.3) is 0 Å². The molecule has 2 unspecified atom stereocenters. The maximum absolute atomic E-state index is 13.0. The van der Waals surface area contributed by atoms with Gasteiger partial charge < -0.3 is 14.2 Å². The Morgan fingerprint density at radius 2 is 2.24 bits per heavy atom. The smallest absolute Gasteiger partial charge is 0.245 e. The summed E-state index contributed by atoms with van der Waals surface area (Å²) in [7, 11) is 0. The number of aryl methyl sites for hydroxylation is 1. The van der Waals surface area contributed by atoms with E-state index in [0.717, 1.165) is 16.9 Å². The number of amides is 1. The molecule has 3 heterocycles. The van der Waals surface area contributed by atoms with Crippen molar-refractivity contribution in [2.24, 2.45) is 0 Å². The van der Waals surface area contributed by atoms with Crippen molar-refractivity contribution in [3.63, 3.8) is 0 Å². The number of carbonyl (C=O) groups is 1. The molecule has 8 heteroatoms. The maximum atomic E-state index is 13.0. The summed E-state index contributed by atoms with van der Waals surface area (Å²) in [6.45, 7) is 5.23. The summed E-state index contributed by atoms with van der Waals surface area (Å²) in [6, 6.07) is 7.48. The van der Waals surface area contributed by atoms with Gasteiger partial charge in [-0.05, 0) is 26.0 Å². The van der Waals surface area contributed by atoms with Crippen molar-refractivity contribution in [3.05, 3.63) is 42.2 Å². The molecule has 1 aromatic carbocycles. The summed E-state index contributed by atoms with van der Waals surface area (Å²) in [5, 5.41) is 6.97. The van der Waals surface area contributed by atoms with Crippen LogP contribution in [0.1, 0.15) is 30.7 Å². The number of imidazole rings is 1. The van der Waals surface area contributed by atoms with E-state index in [1.807, 2.05) is 47.6 Å². The molecule has 1 amide bonds. The van der Waals surface area contributed by atoms with Crippen LogP contribution in [-0.4, -0.2) is 55.2 Å². The van der Waals surface area contributed by atoms with Crippen LogP contribution in [0.15, 0.2) is 30.6 Å². The first-order valence-corrected chi connectivity index (χ1v) is 8.34. The zero-order chi connectivity index (χ0) is 17.4. The van der Waals surface area contributed by atoms with E-state index in [9.17, 15) is 4.79 Å². The lowest BCUT2D eigenvalue weighted by atomic mass is 10.2. The zero-order valence-electron chi connectivity index (χ0n) is 14.2. The molecule has 2 aromatic heterocycles. The Kier molecular flexibility index (Phi) is 3.96. The molecule has 25 heavy (non-hydrogen) atoms. The molecule has 130 valence electrons. The van der Waals surface area contributed by atoms with Crippen LogP contribution >= 0.6 is 0 Å². The lowest BCUT2D eigenvalue weighted by Crippen LogP contribution is -2.45. The van der Waals surface area contributed by atoms with Crippen LogP contribution in [0.3, 0.4) is 0 Å². The van der Waals surface area contributed by atoms with Crippen LogP contribution in [0.4, 0.5) is 0 Å². The molecule has 0 saturated carbocycles. The first-order chi connectivity index (χ1) is 12.1. The number of benzene rings is 1. The van der Waals surface area contributed by atoms with E-state index >= 15 is 0 Å². The Balaban J connectivity index is 1.53. The van der Waals surface area contributed by atoms with Crippen molar-refractivity contribution < 1.29 is 9.53 Å². The molecular formula is C17H20N6O2. The molecule has 3 aromatic rings. The largest absolute Gasteiger partial charge is 0.366 e. The van der Waals surface area contributed by atoms with E-state index in [1.54, 1.807) is 6.33 Å². The minimum absolute atomic E-state index is 0.0451. The minimum atomic E-state index is -0.333. The van der Waals surface area contributed by atoms with E-state index < -0.39 is 0 Å². The second kappa shape index (κ2) is 6.29. The van der Waals surface area contributed by atoms with Crippen molar-refractivity contribution >= 4 is 16.9 Å². The van der Waals surface area contributed by atoms with Gasteiger partial charge in [0, 0.05) is 6.54 Å². The highest BCUT2D eigenvalue weighted by Gasteiger charge is 2.31. The molecule has 1 saturated heterocycles. The molecule has 1 fully saturated rings. The lowest BCUT2D eigenvalue weighted by molar-refractivity contribution is -0.142. The number of aromatic amines is 1. The number of aromatic nitrogens is 5. The molecule has 2 atom stereocenters. The van der Waals surface area contributed by atoms with Crippen LogP contribution < -0.4 is 0 Å². The molecular weight excluding hydrogens is 320 g/mol. The number of ether oxygens (including phenoxy) is 1. The number of para-hydroxylation sites is 2. The number of carbonyl (C=O) groups excluding carboxylic acids is 1. The Labute approximate surface area is 144 Å². The molecule has 0 bridgehead atoms. The zero-order valence-corrected chi connectivity index (χ0v) is 14.2. The summed E-state index contributed by atoms with van der Waals surface area (Å²) in [5.74, 6) is 1.37. The first-order valence-electron chi connectivity index (χ1n) is 8.34. The predicted octanol–water partition coefficient (Wildman–Crippen LogP) is 1.62. The van der Waals surface area contributed by atoms with Gasteiger partial charge in [-0.2, -0.15) is 5.10 Å². The number of fused-ring (bicyclic) bond motifs is 1. The fourth-order valence-electron chi connectivity index (χ4n) is 3.18. The highest BCUT2D eigenvalue weighted by molar-refractivity contribution is 5.83. The van der Waals surface area contributed by atoms with Gasteiger partial charge in [0.15, 0.2) is 5.82 Å². The van der Waals surface area contributed by atoms with Gasteiger partial charge in [-0.15, -0.1) is 0 Å². The number of rotatable bonds is 3. The van der Waals surface area contributed by atoms with E-state index in [2.05, 4.69) is 20.2 Å². The fourth-order valence-corrected chi connectivity index (χ4v) is 3.18. The van der Waals surface area contributed by atoms with E-state index in [0.29, 0.717) is 25.5 Å². The average Bonchev–Trinajstić information content (AvgIpc) is 3.27. The normalized spacial score (nSPS) is 19.3. The van der Waals surface area contributed by atoms with Crippen LogP contribution in [0.2, 0.25) is 0 Å². The standard InChI is InChI=1S/C17H20N6O2/c1-11(23-10-18-13-5-3-4-6-14(13)23)17(24)22-7-8-25-15(9-22)16-19-12(2)20-21-16/h3-6,10-11,15H,7-9H2,1-2H3,(H,19,20,21). The topological polar surface area (TPSA) is 88.9 Å². The van der Waals surface area contributed by atoms with Gasteiger partial charge in [0.05, 0.1) is 30.5 Å². The predicted molar refractivity (Wildman–Crippen MR) is 90.8 cm³/mol. The average molecular weight is 340 g/mol. The van der Waals surface area contributed by atoms with E-state index in [1.165, 1.54) is 0 Å². The second-order valence-electron chi connectivity index (χ2n) is 6.24. The van der Waals surface area contributed by atoms with Gasteiger partial charge in [-0.3, -0.25) is 9.89 Å². The summed E-state index contributed by atoms with van der Waals surface area (Å²) < 4.78 is 7.66. The van der Waals surface area contributed by atoms with Crippen molar-refractivity contribution in [1.82, 2.24) is 29.6 Å². The molecule has 0 spiro atoms. The van der Waals surface area contributed by atoms with Gasteiger partial charge >= 0.3 is 0 Å². The van der Waals surface area contributed by atoms with E-state index in [-0.39, 0.29) is 18.1 Å². The number of H-pyrrole nitrogens is 1. The molecule has 0 aliphatic carbocycles. The van der Waals surface area contributed by atoms with Gasteiger partial charge in [-0.1, -0.05) is 12.1 Å². The van der Waals surface area contributed by atoms with Crippen LogP contribution in [0.5, 0.6) is 0 Å². The van der Waals surface area contributed by atoms with Crippen LogP contribution in [-0.2, 0) is 9.53 Å². The summed E-state index contributed by atoms with van der Waals surface area (Å²) in [6.07, 6.45) is 1.43. The monoisotopic (exact) mass is 340 g/mol. The molecule has 1 aliphatic rings. The molecule has 4 rings (SSSR count). The maximum Gasteiger partial charge on any atom is 0.245 e. The quantitative estimate of drug-likeness (QED) is 0.783. The lowest BCUT2D eigenvalue weighted by Gasteiger charge is -2.33. The Morgan fingerprint density at radius 1 is 1.40 bits per heavy atom. The number of hydrogen-bond acceptors (Lipinski definition) is 5. The highest BCUT2D eigenvalue weighted by atomic mass is 16.5. The number of morpholine rings is 1. The van der Waals surface area contributed by atoms with Gasteiger partial charge in [0.2, 0.25) is 5.91 Å². The third-order valence-corrected chi connectivity index (χ3v) is 4.54. The SMILES string of the molecule is Cc1nc(C2CN(C(=O)C(C)n3cnc4ccccc43)CCO2)n[nH]1. The number of nitrogens with one attached hydrogen (secondary N) is 1. The second-order valence-corrected chi connectivity index (χ2v) is 6.24. The number of hydrogen-bond donors (Lipinski definition) is 1. The van der Waals surface area contributed by atoms with Crippen molar-refractivity contribution in [2.45, 2.75) is 26.0 Å². The first kappa shape index (κ1) is 15.8. The number of nitrogens with zero attached hydrogens (tertiary/aromatic N) is 5. The molecule has 8 nitrogen and oxygen atoms in total. The minimum Gasteiger partial charge on any atom is -0.366 e. The molecule has 1 aliphatic heterocycles. The highest BCUT2D eigenvalue weighted by Crippen LogP contribution is 2.23. The van der Waals surface area contributed by atoms with Crippen molar-refractivity contribution in [2.75, 3.05) is 19.7 Å². The third-order valence-electron chi connectivity index (χ3n) is 4.54. The Bertz CT molecular complexity index is 901. The van der Waals surface area contributed by atoms with Crippen LogP contribution in [0.25, 0.3) is 11.0 Å². The van der Waals surface area contributed by atoms with Gasteiger partial charge in [0.1, 0.15) is 18.0 Å². The van der Waals surface area contributed by atoms with Crippen molar-refractivity contribution in [1.29, 1.82) is 0 Å². The van der Waals surface area contributed by atoms with Crippen molar-refractivity contribution in [3.8, 4) is 0 Å². The summed E-state index contributed by atoms with van der Waals surface area (Å²) in [4.78, 5) is 23.5. The summed E-state index contributed by atoms with van der Waals surface area (Å²) >= 11 is 0. The third kappa shape index (κ3) is 2.89. The Hall–Kier alpha value is -2.74. The van der Waals surface area contributed by atoms with Gasteiger partial charge in [-0.25, -0.2) is 9.97 Å². The molecule has 1 N–H and O–H groups in total. The van der Waals surface area contributed by atoms with Crippen LogP contribution in [0, 0.1) is 6.92 Å². The Morgan fingerprint density at radius 3 is 3.04 bits per heavy atom. The molecule has 0 radical (unpaired) electrons. The summed E-state index contributed by atoms with van der Waals surface area (Å²) in [5.41, 5.74) is 1.84. The fraction of sp³-hybridized carbons (Fsp3) is 0.412.